The molecule has 3 amide bonds. The molecule has 0 fully saturated rings. The zero-order valence-electron chi connectivity index (χ0n) is 14.2. The zero-order chi connectivity index (χ0) is 18.6. The molecule has 0 unspecified atom stereocenters. The molecule has 0 saturated carbocycles. The maximum atomic E-state index is 12.2. The Morgan fingerprint density at radius 3 is 2.56 bits per heavy atom. The highest BCUT2D eigenvalue weighted by Crippen LogP contribution is 2.24. The van der Waals surface area contributed by atoms with E-state index in [1.807, 2.05) is 13.8 Å². The van der Waals surface area contributed by atoms with E-state index in [1.54, 1.807) is 0 Å². The van der Waals surface area contributed by atoms with Gasteiger partial charge in [0.05, 0.1) is 16.7 Å². The van der Waals surface area contributed by atoms with Crippen LogP contribution in [0.5, 0.6) is 0 Å². The lowest BCUT2D eigenvalue weighted by Crippen LogP contribution is -2.31. The molecule has 1 aliphatic rings. The number of esters is 1. The number of nitrogens with one attached hydrogen (secondary N) is 1. The molecule has 0 spiro atoms. The number of nitrogens with zero attached hydrogens (tertiary/aromatic N) is 1. The molecule has 25 heavy (non-hydrogen) atoms. The van der Waals surface area contributed by atoms with Gasteiger partial charge in [-0.15, -0.1) is 6.58 Å². The summed E-state index contributed by atoms with van der Waals surface area (Å²) in [7, 11) is 0. The quantitative estimate of drug-likeness (QED) is 0.458. The van der Waals surface area contributed by atoms with Crippen LogP contribution in [0.2, 0.25) is 0 Å². The molecule has 1 aromatic carbocycles. The molecule has 2 rings (SSSR count). The fourth-order valence-electron chi connectivity index (χ4n) is 2.30. The maximum Gasteiger partial charge on any atom is 0.338 e. The van der Waals surface area contributed by atoms with E-state index >= 15 is 0 Å². The molecular formula is C18H20N2O5. The summed E-state index contributed by atoms with van der Waals surface area (Å²) in [5, 5.41) is 2.63. The molecule has 1 heterocycles. The molecule has 1 aromatic rings. The molecule has 0 radical (unpaired) electrons. The van der Waals surface area contributed by atoms with E-state index in [2.05, 4.69) is 11.9 Å². The summed E-state index contributed by atoms with van der Waals surface area (Å²) < 4.78 is 4.94. The first-order chi connectivity index (χ1) is 11.8. The molecule has 0 saturated heterocycles. The minimum Gasteiger partial charge on any atom is -0.452 e. The minimum absolute atomic E-state index is 0.0994. The number of rotatable bonds is 7. The van der Waals surface area contributed by atoms with Crippen molar-refractivity contribution in [3.05, 3.63) is 47.5 Å². The maximum absolute atomic E-state index is 12.2. The fourth-order valence-corrected chi connectivity index (χ4v) is 2.30. The van der Waals surface area contributed by atoms with Crippen LogP contribution in [0, 0.1) is 5.92 Å². The first-order valence-corrected chi connectivity index (χ1v) is 7.90. The van der Waals surface area contributed by atoms with Crippen molar-refractivity contribution in [3.8, 4) is 0 Å². The SMILES string of the molecule is C=CCN1C(=O)c2ccc(C(=O)OCC(=O)NCC(C)C)cc2C1=O. The van der Waals surface area contributed by atoms with Gasteiger partial charge in [-0.2, -0.15) is 0 Å². The number of ether oxygens (including phenoxy) is 1. The Kier molecular flexibility index (Phi) is 5.69. The third-order valence-corrected chi connectivity index (χ3v) is 3.56. The summed E-state index contributed by atoms with van der Waals surface area (Å²) in [4.78, 5) is 49.0. The van der Waals surface area contributed by atoms with Crippen molar-refractivity contribution < 1.29 is 23.9 Å². The summed E-state index contributed by atoms with van der Waals surface area (Å²) >= 11 is 0. The van der Waals surface area contributed by atoms with E-state index < -0.39 is 30.3 Å². The van der Waals surface area contributed by atoms with Gasteiger partial charge in [0, 0.05) is 13.1 Å². The molecule has 0 aliphatic carbocycles. The normalized spacial score (nSPS) is 13.0. The van der Waals surface area contributed by atoms with Crippen molar-refractivity contribution in [1.82, 2.24) is 10.2 Å². The molecule has 7 nitrogen and oxygen atoms in total. The van der Waals surface area contributed by atoms with Gasteiger partial charge >= 0.3 is 5.97 Å². The summed E-state index contributed by atoms with van der Waals surface area (Å²) in [6, 6.07) is 4.12. The Balaban J connectivity index is 2.04. The van der Waals surface area contributed by atoms with E-state index in [0.29, 0.717) is 12.5 Å². The third-order valence-electron chi connectivity index (χ3n) is 3.56. The number of fused-ring (bicyclic) bond motifs is 1. The summed E-state index contributed by atoms with van der Waals surface area (Å²) in [5.74, 6) is -1.74. The summed E-state index contributed by atoms with van der Waals surface area (Å²) in [5.41, 5.74) is 0.487. The lowest BCUT2D eigenvalue weighted by Gasteiger charge is -2.09. The molecule has 0 atom stereocenters. The van der Waals surface area contributed by atoms with Crippen LogP contribution >= 0.6 is 0 Å². The topological polar surface area (TPSA) is 92.8 Å². The molecule has 1 aliphatic heterocycles. The van der Waals surface area contributed by atoms with Crippen molar-refractivity contribution >= 4 is 23.7 Å². The van der Waals surface area contributed by atoms with Crippen molar-refractivity contribution in [3.63, 3.8) is 0 Å². The van der Waals surface area contributed by atoms with Gasteiger partial charge in [0.1, 0.15) is 0 Å². The highest BCUT2D eigenvalue weighted by Gasteiger charge is 2.35. The van der Waals surface area contributed by atoms with E-state index in [-0.39, 0.29) is 23.2 Å². The van der Waals surface area contributed by atoms with Crippen LogP contribution in [0.3, 0.4) is 0 Å². The van der Waals surface area contributed by atoms with Crippen LogP contribution < -0.4 is 5.32 Å². The summed E-state index contributed by atoms with van der Waals surface area (Å²) in [6.45, 7) is 7.59. The Hall–Kier alpha value is -2.96. The Labute approximate surface area is 145 Å². The number of amides is 3. The average molecular weight is 344 g/mol. The largest absolute Gasteiger partial charge is 0.452 e. The van der Waals surface area contributed by atoms with Gasteiger partial charge in [-0.1, -0.05) is 19.9 Å². The predicted octanol–water partition coefficient (Wildman–Crippen LogP) is 1.40. The standard InChI is InChI=1S/C18H20N2O5/c1-4-7-20-16(22)13-6-5-12(8-14(13)17(20)23)18(24)25-10-15(21)19-9-11(2)3/h4-6,8,11H,1,7,9-10H2,2-3H3,(H,19,21). The Morgan fingerprint density at radius 1 is 1.24 bits per heavy atom. The van der Waals surface area contributed by atoms with Crippen LogP contribution in [0.1, 0.15) is 44.9 Å². The van der Waals surface area contributed by atoms with Crippen molar-refractivity contribution in [1.29, 1.82) is 0 Å². The van der Waals surface area contributed by atoms with Gasteiger partial charge < -0.3 is 10.1 Å². The number of hydrogen-bond acceptors (Lipinski definition) is 5. The second kappa shape index (κ2) is 7.74. The number of benzene rings is 1. The monoisotopic (exact) mass is 344 g/mol. The van der Waals surface area contributed by atoms with E-state index in [0.717, 1.165) is 4.90 Å². The summed E-state index contributed by atoms with van der Waals surface area (Å²) in [6.07, 6.45) is 1.45. The van der Waals surface area contributed by atoms with Crippen molar-refractivity contribution in [2.45, 2.75) is 13.8 Å². The van der Waals surface area contributed by atoms with Crippen molar-refractivity contribution in [2.75, 3.05) is 19.7 Å². The second-order valence-electron chi connectivity index (χ2n) is 6.04. The molecule has 0 aromatic heterocycles. The second-order valence-corrected chi connectivity index (χ2v) is 6.04. The third kappa shape index (κ3) is 4.12. The lowest BCUT2D eigenvalue weighted by atomic mass is 10.1. The van der Waals surface area contributed by atoms with Gasteiger partial charge in [0.25, 0.3) is 17.7 Å². The number of carbonyl (C=O) groups excluding carboxylic acids is 4. The molecule has 7 heteroatoms. The first-order valence-electron chi connectivity index (χ1n) is 7.90. The van der Waals surface area contributed by atoms with Crippen LogP contribution in [-0.2, 0) is 9.53 Å². The van der Waals surface area contributed by atoms with Gasteiger partial charge in [-0.25, -0.2) is 4.79 Å². The van der Waals surface area contributed by atoms with Crippen LogP contribution in [0.4, 0.5) is 0 Å². The van der Waals surface area contributed by atoms with Gasteiger partial charge in [0.15, 0.2) is 6.61 Å². The van der Waals surface area contributed by atoms with Crippen LogP contribution in [0.25, 0.3) is 0 Å². The van der Waals surface area contributed by atoms with E-state index in [1.165, 1.54) is 24.3 Å². The number of hydrogen-bond donors (Lipinski definition) is 1. The van der Waals surface area contributed by atoms with E-state index in [4.69, 9.17) is 4.74 Å². The van der Waals surface area contributed by atoms with Gasteiger partial charge in [-0.05, 0) is 24.1 Å². The minimum atomic E-state index is -0.732. The van der Waals surface area contributed by atoms with Gasteiger partial charge in [-0.3, -0.25) is 19.3 Å². The Morgan fingerprint density at radius 2 is 1.92 bits per heavy atom. The molecule has 0 bridgehead atoms. The zero-order valence-corrected chi connectivity index (χ0v) is 14.2. The smallest absolute Gasteiger partial charge is 0.338 e. The molecular weight excluding hydrogens is 324 g/mol. The van der Waals surface area contributed by atoms with E-state index in [9.17, 15) is 19.2 Å². The highest BCUT2D eigenvalue weighted by atomic mass is 16.5. The molecule has 1 N–H and O–H groups in total. The number of carbonyl (C=O) groups is 4. The van der Waals surface area contributed by atoms with Crippen LogP contribution in [0.15, 0.2) is 30.9 Å². The predicted molar refractivity (Wildman–Crippen MR) is 90.1 cm³/mol. The highest BCUT2D eigenvalue weighted by molar-refractivity contribution is 6.22. The average Bonchev–Trinajstić information content (AvgIpc) is 2.82. The molecule has 132 valence electrons. The van der Waals surface area contributed by atoms with Crippen LogP contribution in [-0.4, -0.2) is 48.3 Å². The number of imide groups is 1. The van der Waals surface area contributed by atoms with Gasteiger partial charge in [0.2, 0.25) is 0 Å². The fraction of sp³-hybridized carbons (Fsp3) is 0.333. The lowest BCUT2D eigenvalue weighted by molar-refractivity contribution is -0.124. The Bertz CT molecular complexity index is 739. The van der Waals surface area contributed by atoms with Crippen molar-refractivity contribution in [2.24, 2.45) is 5.92 Å². The first kappa shape index (κ1) is 18.4.